The zero-order valence-corrected chi connectivity index (χ0v) is 19.5. The topological polar surface area (TPSA) is 119 Å². The number of nitrogens with zero attached hydrogens (tertiary/aromatic N) is 3. The second-order valence-electron chi connectivity index (χ2n) is 8.16. The largest absolute Gasteiger partial charge is 0.497 e. The molecule has 2 fully saturated rings. The van der Waals surface area contributed by atoms with Gasteiger partial charge in [0.2, 0.25) is 15.9 Å². The quantitative estimate of drug-likeness (QED) is 0.422. The van der Waals surface area contributed by atoms with Gasteiger partial charge in [-0.05, 0) is 63.4 Å². The summed E-state index contributed by atoms with van der Waals surface area (Å²) in [4.78, 5) is 28.7. The molecule has 10 nitrogen and oxygen atoms in total. The van der Waals surface area contributed by atoms with Crippen molar-refractivity contribution < 1.29 is 28.0 Å². The molecule has 2 heterocycles. The van der Waals surface area contributed by atoms with Crippen LogP contribution in [-0.2, 0) is 19.6 Å². The van der Waals surface area contributed by atoms with Crippen LogP contribution >= 0.6 is 0 Å². The molecular weight excluding hydrogens is 436 g/mol. The zero-order chi connectivity index (χ0) is 23.5. The Labute approximate surface area is 189 Å². The first-order chi connectivity index (χ1) is 15.3. The van der Waals surface area contributed by atoms with E-state index in [2.05, 4.69) is 0 Å². The number of rotatable bonds is 8. The molecule has 3 rings (SSSR count). The standard InChI is InChI=1S/C21H32N4O6S/c1-4-24(5-2)20(26)14-23-11-10-15-12-18(21(27)22-28)25(19(15)13-23)32(29,30)17-8-6-16(31-3)7-9-17/h6-9,15,18-19,28H,4-5,10-14H2,1-3H3,(H,22,27)/t15-,18-,19-/m0/s1. The van der Waals surface area contributed by atoms with E-state index in [0.29, 0.717) is 44.8 Å². The zero-order valence-electron chi connectivity index (χ0n) is 18.7. The second kappa shape index (κ2) is 10.2. The number of benzene rings is 1. The molecule has 1 aromatic rings. The first kappa shape index (κ1) is 24.4. The Bertz CT molecular complexity index is 919. The van der Waals surface area contributed by atoms with Crippen LogP contribution in [0.3, 0.4) is 0 Å². The highest BCUT2D eigenvalue weighted by Gasteiger charge is 2.52. The molecule has 2 N–H and O–H groups in total. The number of nitrogens with one attached hydrogen (secondary N) is 1. The SMILES string of the molecule is CCN(CC)C(=O)CN1CC[C@H]2C[C@@H](C(=O)NO)N(S(=O)(=O)c3ccc(OC)cc3)[C@H]2C1. The maximum Gasteiger partial charge on any atom is 0.261 e. The molecule has 0 aromatic heterocycles. The normalized spacial score (nSPS) is 24.1. The molecule has 2 amide bonds. The summed E-state index contributed by atoms with van der Waals surface area (Å²) in [6.45, 7) is 6.29. The number of hydrogen-bond acceptors (Lipinski definition) is 7. The van der Waals surface area contributed by atoms with Crippen LogP contribution in [-0.4, -0.2) is 91.5 Å². The summed E-state index contributed by atoms with van der Waals surface area (Å²) in [7, 11) is -2.54. The van der Waals surface area contributed by atoms with Crippen molar-refractivity contribution in [2.24, 2.45) is 5.92 Å². The van der Waals surface area contributed by atoms with Gasteiger partial charge in [0.25, 0.3) is 5.91 Å². The molecule has 1 aromatic carbocycles. The molecule has 0 radical (unpaired) electrons. The van der Waals surface area contributed by atoms with Crippen molar-refractivity contribution in [1.29, 1.82) is 0 Å². The van der Waals surface area contributed by atoms with Gasteiger partial charge in [0.05, 0.1) is 18.6 Å². The van der Waals surface area contributed by atoms with Crippen LogP contribution in [0.15, 0.2) is 29.2 Å². The van der Waals surface area contributed by atoms with Crippen molar-refractivity contribution in [3.8, 4) is 5.75 Å². The van der Waals surface area contributed by atoms with Crippen LogP contribution in [0.4, 0.5) is 0 Å². The van der Waals surface area contributed by atoms with Crippen molar-refractivity contribution in [1.82, 2.24) is 19.6 Å². The predicted molar refractivity (Wildman–Crippen MR) is 117 cm³/mol. The van der Waals surface area contributed by atoms with E-state index in [4.69, 9.17) is 4.74 Å². The number of carbonyl (C=O) groups excluding carboxylic acids is 2. The minimum Gasteiger partial charge on any atom is -0.497 e. The molecular formula is C21H32N4O6S. The van der Waals surface area contributed by atoms with Gasteiger partial charge in [-0.2, -0.15) is 4.31 Å². The number of piperidine rings is 1. The van der Waals surface area contributed by atoms with E-state index in [9.17, 15) is 23.2 Å². The third-order valence-corrected chi connectivity index (χ3v) is 8.44. The number of ether oxygens (including phenoxy) is 1. The van der Waals surface area contributed by atoms with Gasteiger partial charge in [0.15, 0.2) is 0 Å². The number of carbonyl (C=O) groups is 2. The van der Waals surface area contributed by atoms with Crippen LogP contribution in [0.5, 0.6) is 5.75 Å². The molecule has 2 aliphatic rings. The van der Waals surface area contributed by atoms with Crippen LogP contribution in [0.25, 0.3) is 0 Å². The molecule has 2 aliphatic heterocycles. The molecule has 11 heteroatoms. The van der Waals surface area contributed by atoms with Gasteiger partial charge in [-0.3, -0.25) is 19.7 Å². The summed E-state index contributed by atoms with van der Waals surface area (Å²) < 4.78 is 33.5. The first-order valence-electron chi connectivity index (χ1n) is 10.9. The Hall–Kier alpha value is -2.21. The monoisotopic (exact) mass is 468 g/mol. The number of methoxy groups -OCH3 is 1. The molecule has 0 spiro atoms. The number of likely N-dealkylation sites (N-methyl/N-ethyl adjacent to an activating group) is 1. The smallest absolute Gasteiger partial charge is 0.261 e. The lowest BCUT2D eigenvalue weighted by molar-refractivity contribution is -0.134. The van der Waals surface area contributed by atoms with Gasteiger partial charge >= 0.3 is 0 Å². The van der Waals surface area contributed by atoms with Gasteiger partial charge in [-0.15, -0.1) is 0 Å². The first-order valence-corrected chi connectivity index (χ1v) is 12.3. The summed E-state index contributed by atoms with van der Waals surface area (Å²) in [5.74, 6) is -0.264. The molecule has 3 atom stereocenters. The lowest BCUT2D eigenvalue weighted by Gasteiger charge is -2.38. The Morgan fingerprint density at radius 3 is 2.44 bits per heavy atom. The number of amides is 2. The van der Waals surface area contributed by atoms with E-state index in [1.165, 1.54) is 23.5 Å². The number of hydroxylamine groups is 1. The average Bonchev–Trinajstić information content (AvgIpc) is 3.19. The molecule has 178 valence electrons. The van der Waals surface area contributed by atoms with Crippen LogP contribution in [0.2, 0.25) is 0 Å². The molecule has 0 bridgehead atoms. The van der Waals surface area contributed by atoms with Gasteiger partial charge in [-0.1, -0.05) is 0 Å². The number of hydrogen-bond donors (Lipinski definition) is 2. The molecule has 0 saturated carbocycles. The maximum absolute atomic E-state index is 13.6. The highest BCUT2D eigenvalue weighted by Crippen LogP contribution is 2.40. The van der Waals surface area contributed by atoms with Crippen LogP contribution in [0.1, 0.15) is 26.7 Å². The molecule has 32 heavy (non-hydrogen) atoms. The van der Waals surface area contributed by atoms with E-state index in [-0.39, 0.29) is 23.3 Å². The van der Waals surface area contributed by atoms with Crippen molar-refractivity contribution in [2.45, 2.75) is 43.7 Å². The fourth-order valence-electron chi connectivity index (χ4n) is 4.75. The van der Waals surface area contributed by atoms with Crippen LogP contribution < -0.4 is 10.2 Å². The number of sulfonamides is 1. The van der Waals surface area contributed by atoms with E-state index < -0.39 is 28.0 Å². The van der Waals surface area contributed by atoms with Gasteiger partial charge in [0.1, 0.15) is 11.8 Å². The summed E-state index contributed by atoms with van der Waals surface area (Å²) >= 11 is 0. The third-order valence-electron chi connectivity index (χ3n) is 6.49. The van der Waals surface area contributed by atoms with Crippen molar-refractivity contribution >= 4 is 21.8 Å². The predicted octanol–water partition coefficient (Wildman–Crippen LogP) is 0.523. The third kappa shape index (κ3) is 4.75. The summed E-state index contributed by atoms with van der Waals surface area (Å²) in [6.07, 6.45) is 0.990. The van der Waals surface area contributed by atoms with E-state index in [0.717, 1.165) is 0 Å². The maximum atomic E-state index is 13.6. The lowest BCUT2D eigenvalue weighted by Crippen LogP contribution is -2.55. The Morgan fingerprint density at radius 1 is 1.22 bits per heavy atom. The van der Waals surface area contributed by atoms with E-state index in [1.807, 2.05) is 18.7 Å². The van der Waals surface area contributed by atoms with Crippen LogP contribution in [0, 0.1) is 5.92 Å². The van der Waals surface area contributed by atoms with Gasteiger partial charge in [-0.25, -0.2) is 13.9 Å². The number of likely N-dealkylation sites (tertiary alicyclic amines) is 1. The Balaban J connectivity index is 1.88. The molecule has 0 aliphatic carbocycles. The second-order valence-corrected chi connectivity index (χ2v) is 10.00. The highest BCUT2D eigenvalue weighted by molar-refractivity contribution is 7.89. The average molecular weight is 469 g/mol. The van der Waals surface area contributed by atoms with Gasteiger partial charge in [0, 0.05) is 25.7 Å². The fourth-order valence-corrected chi connectivity index (χ4v) is 6.59. The summed E-state index contributed by atoms with van der Waals surface area (Å²) in [5.41, 5.74) is 1.62. The fraction of sp³-hybridized carbons (Fsp3) is 0.619. The molecule has 2 saturated heterocycles. The van der Waals surface area contributed by atoms with E-state index >= 15 is 0 Å². The minimum absolute atomic E-state index is 0.000611. The summed E-state index contributed by atoms with van der Waals surface area (Å²) in [6, 6.07) is 4.51. The lowest BCUT2D eigenvalue weighted by atomic mass is 9.91. The molecule has 0 unspecified atom stereocenters. The highest BCUT2D eigenvalue weighted by atomic mass is 32.2. The number of fused-ring (bicyclic) bond motifs is 1. The van der Waals surface area contributed by atoms with Gasteiger partial charge < -0.3 is 9.64 Å². The van der Waals surface area contributed by atoms with E-state index in [1.54, 1.807) is 22.5 Å². The Morgan fingerprint density at radius 2 is 1.88 bits per heavy atom. The Kier molecular flexibility index (Phi) is 7.75. The van der Waals surface area contributed by atoms with Crippen molar-refractivity contribution in [2.75, 3.05) is 39.8 Å². The summed E-state index contributed by atoms with van der Waals surface area (Å²) in [5, 5.41) is 9.24. The van der Waals surface area contributed by atoms with Crippen molar-refractivity contribution in [3.05, 3.63) is 24.3 Å². The van der Waals surface area contributed by atoms with Crippen molar-refractivity contribution in [3.63, 3.8) is 0 Å². The minimum atomic E-state index is -4.03.